The lowest BCUT2D eigenvalue weighted by Gasteiger charge is -1.86. The van der Waals surface area contributed by atoms with Crippen LogP contribution in [0.25, 0.3) is 5.65 Å². The summed E-state index contributed by atoms with van der Waals surface area (Å²) in [4.78, 5) is 4.04. The molecule has 0 atom stereocenters. The summed E-state index contributed by atoms with van der Waals surface area (Å²) in [5, 5.41) is 0.534. The topological polar surface area (TPSA) is 17.3 Å². The van der Waals surface area contributed by atoms with Crippen LogP contribution in [0.2, 0.25) is 5.15 Å². The third-order valence-electron chi connectivity index (χ3n) is 1.33. The normalized spacial score (nSPS) is 9.55. The van der Waals surface area contributed by atoms with Crippen molar-refractivity contribution in [2.75, 3.05) is 0 Å². The highest BCUT2D eigenvalue weighted by atomic mass is 35.5. The molecule has 0 fully saturated rings. The first-order valence-corrected chi connectivity index (χ1v) is 3.33. The lowest BCUT2D eigenvalue weighted by Crippen LogP contribution is -1.77. The summed E-state index contributed by atoms with van der Waals surface area (Å²) < 4.78 is 1.88. The first-order valence-electron chi connectivity index (χ1n) is 2.95. The number of imidazole rings is 1. The van der Waals surface area contributed by atoms with Crippen molar-refractivity contribution in [3.63, 3.8) is 0 Å². The van der Waals surface area contributed by atoms with Crippen LogP contribution in [0.5, 0.6) is 0 Å². The molecule has 0 aliphatic rings. The molecular formula is C7H6Cl2N2. The van der Waals surface area contributed by atoms with Crippen molar-refractivity contribution in [3.05, 3.63) is 35.7 Å². The smallest absolute Gasteiger partial charge is 0.148 e. The van der Waals surface area contributed by atoms with E-state index in [2.05, 4.69) is 4.98 Å². The standard InChI is InChI=1S/C7H5ClN2.ClH/c8-6-5-10-4-2-1-3-7(10)9-6;/h1-5H;1H. The summed E-state index contributed by atoms with van der Waals surface area (Å²) in [6.45, 7) is 0. The Balaban J connectivity index is 0.000000605. The van der Waals surface area contributed by atoms with Crippen LogP contribution in [0, 0.1) is 0 Å². The quantitative estimate of drug-likeness (QED) is 0.621. The van der Waals surface area contributed by atoms with Crippen molar-refractivity contribution in [2.24, 2.45) is 0 Å². The Kier molecular flexibility index (Phi) is 2.37. The monoisotopic (exact) mass is 188 g/mol. The Labute approximate surface area is 75.2 Å². The number of pyridine rings is 1. The molecule has 0 bridgehead atoms. The summed E-state index contributed by atoms with van der Waals surface area (Å²) in [5.74, 6) is 0. The Morgan fingerprint density at radius 1 is 1.36 bits per heavy atom. The van der Waals surface area contributed by atoms with Gasteiger partial charge in [-0.15, -0.1) is 12.4 Å². The fourth-order valence-electron chi connectivity index (χ4n) is 0.904. The summed E-state index contributed by atoms with van der Waals surface area (Å²) in [6.07, 6.45) is 3.69. The molecule has 0 saturated heterocycles. The van der Waals surface area contributed by atoms with Gasteiger partial charge in [0.15, 0.2) is 0 Å². The fourth-order valence-corrected chi connectivity index (χ4v) is 1.10. The van der Waals surface area contributed by atoms with Gasteiger partial charge in [-0.3, -0.25) is 0 Å². The van der Waals surface area contributed by atoms with E-state index >= 15 is 0 Å². The first-order chi connectivity index (χ1) is 4.86. The SMILES string of the molecule is Cl.Clc1cn2ccccc2n1. The third kappa shape index (κ3) is 1.47. The molecule has 0 radical (unpaired) electrons. The number of halogens is 2. The van der Waals surface area contributed by atoms with E-state index in [1.54, 1.807) is 6.20 Å². The van der Waals surface area contributed by atoms with Crippen LogP contribution in [0.4, 0.5) is 0 Å². The van der Waals surface area contributed by atoms with E-state index in [4.69, 9.17) is 11.6 Å². The van der Waals surface area contributed by atoms with E-state index in [1.807, 2.05) is 28.8 Å². The summed E-state index contributed by atoms with van der Waals surface area (Å²) >= 11 is 5.65. The van der Waals surface area contributed by atoms with Gasteiger partial charge < -0.3 is 4.40 Å². The molecule has 0 saturated carbocycles. The molecule has 4 heteroatoms. The van der Waals surface area contributed by atoms with E-state index in [0.717, 1.165) is 5.65 Å². The fraction of sp³-hybridized carbons (Fsp3) is 0. The van der Waals surface area contributed by atoms with E-state index in [9.17, 15) is 0 Å². The van der Waals surface area contributed by atoms with Gasteiger partial charge >= 0.3 is 0 Å². The Hall–Kier alpha value is -0.730. The van der Waals surface area contributed by atoms with Gasteiger partial charge in [0.25, 0.3) is 0 Å². The zero-order valence-electron chi connectivity index (χ0n) is 5.57. The van der Waals surface area contributed by atoms with Gasteiger partial charge in [0.2, 0.25) is 0 Å². The number of aromatic nitrogens is 2. The van der Waals surface area contributed by atoms with Gasteiger partial charge in [-0.05, 0) is 12.1 Å². The summed E-state index contributed by atoms with van der Waals surface area (Å²) in [7, 11) is 0. The Morgan fingerprint density at radius 2 is 2.18 bits per heavy atom. The highest BCUT2D eigenvalue weighted by Gasteiger charge is 1.93. The molecule has 11 heavy (non-hydrogen) atoms. The summed E-state index contributed by atoms with van der Waals surface area (Å²) in [5.41, 5.74) is 0.882. The molecule has 2 rings (SSSR count). The lowest BCUT2D eigenvalue weighted by atomic mass is 10.5. The van der Waals surface area contributed by atoms with E-state index in [-0.39, 0.29) is 12.4 Å². The summed E-state index contributed by atoms with van der Waals surface area (Å²) in [6, 6.07) is 5.77. The molecule has 0 aliphatic heterocycles. The second-order valence-electron chi connectivity index (χ2n) is 2.03. The molecule has 0 aromatic carbocycles. The molecule has 2 aromatic heterocycles. The average Bonchev–Trinajstić information content (AvgIpc) is 2.27. The second kappa shape index (κ2) is 3.11. The minimum absolute atomic E-state index is 0. The van der Waals surface area contributed by atoms with Crippen LogP contribution >= 0.6 is 24.0 Å². The highest BCUT2D eigenvalue weighted by molar-refractivity contribution is 6.29. The maximum absolute atomic E-state index is 5.65. The van der Waals surface area contributed by atoms with E-state index in [0.29, 0.717) is 5.15 Å². The van der Waals surface area contributed by atoms with Gasteiger partial charge in [0, 0.05) is 12.4 Å². The molecule has 0 spiro atoms. The number of fused-ring (bicyclic) bond motifs is 1. The molecule has 2 aromatic rings. The van der Waals surface area contributed by atoms with Crippen LogP contribution in [-0.2, 0) is 0 Å². The average molecular weight is 189 g/mol. The van der Waals surface area contributed by atoms with Crippen LogP contribution in [0.1, 0.15) is 0 Å². The van der Waals surface area contributed by atoms with E-state index < -0.39 is 0 Å². The van der Waals surface area contributed by atoms with Gasteiger partial charge in [0.05, 0.1) is 0 Å². The van der Waals surface area contributed by atoms with Crippen LogP contribution in [0.3, 0.4) is 0 Å². The van der Waals surface area contributed by atoms with Crippen molar-refractivity contribution in [2.45, 2.75) is 0 Å². The zero-order chi connectivity index (χ0) is 6.97. The molecule has 58 valence electrons. The van der Waals surface area contributed by atoms with Gasteiger partial charge in [0.1, 0.15) is 10.8 Å². The molecule has 2 nitrogen and oxygen atoms in total. The number of rotatable bonds is 0. The van der Waals surface area contributed by atoms with Crippen molar-refractivity contribution >= 4 is 29.7 Å². The van der Waals surface area contributed by atoms with Crippen LogP contribution < -0.4 is 0 Å². The molecule has 0 N–H and O–H groups in total. The maximum Gasteiger partial charge on any atom is 0.148 e. The molecule has 0 aliphatic carbocycles. The lowest BCUT2D eigenvalue weighted by molar-refractivity contribution is 1.19. The molecule has 0 amide bonds. The maximum atomic E-state index is 5.65. The predicted octanol–water partition coefficient (Wildman–Crippen LogP) is 2.41. The minimum atomic E-state index is 0. The molecule has 2 heterocycles. The van der Waals surface area contributed by atoms with Crippen molar-refractivity contribution in [1.29, 1.82) is 0 Å². The van der Waals surface area contributed by atoms with Crippen molar-refractivity contribution < 1.29 is 0 Å². The number of nitrogens with zero attached hydrogens (tertiary/aromatic N) is 2. The number of hydrogen-bond donors (Lipinski definition) is 0. The Morgan fingerprint density at radius 3 is 2.91 bits per heavy atom. The Bertz CT molecular complexity index is 323. The van der Waals surface area contributed by atoms with Gasteiger partial charge in [-0.2, -0.15) is 0 Å². The van der Waals surface area contributed by atoms with Crippen LogP contribution in [-0.4, -0.2) is 9.38 Å². The highest BCUT2D eigenvalue weighted by Crippen LogP contribution is 2.07. The molecule has 0 unspecified atom stereocenters. The van der Waals surface area contributed by atoms with Crippen molar-refractivity contribution in [1.82, 2.24) is 9.38 Å². The largest absolute Gasteiger partial charge is 0.306 e. The van der Waals surface area contributed by atoms with E-state index in [1.165, 1.54) is 0 Å². The zero-order valence-corrected chi connectivity index (χ0v) is 7.14. The van der Waals surface area contributed by atoms with Gasteiger partial charge in [-0.25, -0.2) is 4.98 Å². The predicted molar refractivity (Wildman–Crippen MR) is 47.5 cm³/mol. The molecular weight excluding hydrogens is 183 g/mol. The van der Waals surface area contributed by atoms with Crippen molar-refractivity contribution in [3.8, 4) is 0 Å². The van der Waals surface area contributed by atoms with Gasteiger partial charge in [-0.1, -0.05) is 17.7 Å². The second-order valence-corrected chi connectivity index (χ2v) is 2.42. The number of hydrogen-bond acceptors (Lipinski definition) is 1. The minimum Gasteiger partial charge on any atom is -0.306 e. The van der Waals surface area contributed by atoms with Crippen LogP contribution in [0.15, 0.2) is 30.6 Å². The first kappa shape index (κ1) is 8.37. The third-order valence-corrected chi connectivity index (χ3v) is 1.52.